The van der Waals surface area contributed by atoms with Gasteiger partial charge >= 0.3 is 6.03 Å². The van der Waals surface area contributed by atoms with Crippen molar-refractivity contribution >= 4 is 17.4 Å². The molecule has 3 heteroatoms. The monoisotopic (exact) mass is 296 g/mol. The second-order valence-electron chi connectivity index (χ2n) is 6.42. The fraction of sp³-hybridized carbons (Fsp3) is 0.316. The minimum absolute atomic E-state index is 0.112. The van der Waals surface area contributed by atoms with Gasteiger partial charge in [0.1, 0.15) is 0 Å². The number of nitrogens with one attached hydrogen (secondary N) is 2. The van der Waals surface area contributed by atoms with Crippen molar-refractivity contribution in [2.75, 3.05) is 10.6 Å². The molecule has 2 rings (SSSR count). The summed E-state index contributed by atoms with van der Waals surface area (Å²) in [5.41, 5.74) is 4.13. The van der Waals surface area contributed by atoms with Gasteiger partial charge in [0.15, 0.2) is 0 Å². The van der Waals surface area contributed by atoms with E-state index in [1.807, 2.05) is 36.4 Å². The Morgan fingerprint density at radius 3 is 2.18 bits per heavy atom. The van der Waals surface area contributed by atoms with Crippen LogP contribution in [0.3, 0.4) is 0 Å². The van der Waals surface area contributed by atoms with E-state index < -0.39 is 0 Å². The molecule has 3 nitrogen and oxygen atoms in total. The lowest BCUT2D eigenvalue weighted by Crippen LogP contribution is -2.20. The number of benzene rings is 2. The molecule has 2 amide bonds. The van der Waals surface area contributed by atoms with Gasteiger partial charge in [0.05, 0.1) is 0 Å². The number of rotatable bonds is 3. The molecule has 2 aromatic rings. The number of aryl methyl sites for hydroxylation is 1. The van der Waals surface area contributed by atoms with Crippen molar-refractivity contribution in [3.63, 3.8) is 0 Å². The maximum atomic E-state index is 12.1. The van der Waals surface area contributed by atoms with Gasteiger partial charge in [-0.15, -0.1) is 0 Å². The van der Waals surface area contributed by atoms with E-state index >= 15 is 0 Å². The van der Waals surface area contributed by atoms with Crippen LogP contribution in [-0.2, 0) is 11.8 Å². The zero-order chi connectivity index (χ0) is 16.2. The lowest BCUT2D eigenvalue weighted by atomic mass is 9.87. The molecule has 116 valence electrons. The van der Waals surface area contributed by atoms with Crippen LogP contribution in [0.4, 0.5) is 16.2 Å². The average molecular weight is 296 g/mol. The van der Waals surface area contributed by atoms with Crippen LogP contribution >= 0.6 is 0 Å². The Bertz CT molecular complexity index is 639. The number of amides is 2. The van der Waals surface area contributed by atoms with Crippen molar-refractivity contribution in [1.29, 1.82) is 0 Å². The summed E-state index contributed by atoms with van der Waals surface area (Å²) in [6.07, 6.45) is 0.886. The number of anilines is 2. The Balaban J connectivity index is 2.03. The Morgan fingerprint density at radius 2 is 1.59 bits per heavy atom. The first-order valence-corrected chi connectivity index (χ1v) is 7.66. The molecule has 0 unspecified atom stereocenters. The number of urea groups is 1. The molecule has 0 radical (unpaired) electrons. The Morgan fingerprint density at radius 1 is 0.955 bits per heavy atom. The maximum absolute atomic E-state index is 12.1. The van der Waals surface area contributed by atoms with E-state index in [0.717, 1.165) is 23.4 Å². The lowest BCUT2D eigenvalue weighted by molar-refractivity contribution is 0.262. The Hall–Kier alpha value is -2.29. The third-order valence-electron chi connectivity index (χ3n) is 3.66. The number of carbonyl (C=O) groups is 1. The standard InChI is InChI=1S/C19H24N2O/c1-5-14-8-6-7-9-17(14)21-18(22)20-16-12-10-15(11-13-16)19(2,3)4/h6-13H,5H2,1-4H3,(H2,20,21,22). The zero-order valence-corrected chi connectivity index (χ0v) is 13.7. The highest BCUT2D eigenvalue weighted by Gasteiger charge is 2.13. The number of hydrogen-bond acceptors (Lipinski definition) is 1. The summed E-state index contributed by atoms with van der Waals surface area (Å²) in [6.45, 7) is 8.58. The van der Waals surface area contributed by atoms with Gasteiger partial charge in [-0.1, -0.05) is 58.0 Å². The molecule has 0 aliphatic heterocycles. The molecule has 0 atom stereocenters. The van der Waals surface area contributed by atoms with E-state index in [0.29, 0.717) is 0 Å². The molecule has 2 aromatic carbocycles. The number of para-hydroxylation sites is 1. The quantitative estimate of drug-likeness (QED) is 0.804. The van der Waals surface area contributed by atoms with Crippen molar-refractivity contribution in [3.05, 3.63) is 59.7 Å². The summed E-state index contributed by atoms with van der Waals surface area (Å²) in [6, 6.07) is 15.6. The predicted molar refractivity (Wildman–Crippen MR) is 93.6 cm³/mol. The molecular weight excluding hydrogens is 272 g/mol. The summed E-state index contributed by atoms with van der Waals surface area (Å²) in [5, 5.41) is 5.78. The van der Waals surface area contributed by atoms with Crippen LogP contribution in [0.2, 0.25) is 0 Å². The average Bonchev–Trinajstić information content (AvgIpc) is 2.47. The van der Waals surface area contributed by atoms with Gasteiger partial charge < -0.3 is 10.6 Å². The zero-order valence-electron chi connectivity index (χ0n) is 13.7. The van der Waals surface area contributed by atoms with Gasteiger partial charge in [-0.05, 0) is 41.2 Å². The van der Waals surface area contributed by atoms with Gasteiger partial charge in [0, 0.05) is 11.4 Å². The summed E-state index contributed by atoms with van der Waals surface area (Å²) in [4.78, 5) is 12.1. The number of hydrogen-bond donors (Lipinski definition) is 2. The first-order valence-electron chi connectivity index (χ1n) is 7.66. The van der Waals surface area contributed by atoms with Crippen molar-refractivity contribution in [2.24, 2.45) is 0 Å². The smallest absolute Gasteiger partial charge is 0.308 e. The topological polar surface area (TPSA) is 41.1 Å². The van der Waals surface area contributed by atoms with Crippen LogP contribution in [0.15, 0.2) is 48.5 Å². The molecule has 0 aliphatic carbocycles. The van der Waals surface area contributed by atoms with Crippen molar-refractivity contribution in [1.82, 2.24) is 0 Å². The summed E-state index contributed by atoms with van der Waals surface area (Å²) in [7, 11) is 0. The normalized spacial score (nSPS) is 11.1. The van der Waals surface area contributed by atoms with Crippen molar-refractivity contribution in [2.45, 2.75) is 39.5 Å². The molecule has 0 saturated heterocycles. The fourth-order valence-corrected chi connectivity index (χ4v) is 2.29. The van der Waals surface area contributed by atoms with E-state index in [1.54, 1.807) is 0 Å². The molecule has 0 aromatic heterocycles. The van der Waals surface area contributed by atoms with E-state index in [-0.39, 0.29) is 11.4 Å². The molecule has 0 heterocycles. The van der Waals surface area contributed by atoms with Crippen LogP contribution in [0.5, 0.6) is 0 Å². The SMILES string of the molecule is CCc1ccccc1NC(=O)Nc1ccc(C(C)(C)C)cc1. The highest BCUT2D eigenvalue weighted by Crippen LogP contribution is 2.23. The fourth-order valence-electron chi connectivity index (χ4n) is 2.29. The van der Waals surface area contributed by atoms with Crippen LogP contribution in [-0.4, -0.2) is 6.03 Å². The van der Waals surface area contributed by atoms with Gasteiger partial charge in [0.2, 0.25) is 0 Å². The molecule has 0 bridgehead atoms. The van der Waals surface area contributed by atoms with Crippen LogP contribution < -0.4 is 10.6 Å². The largest absolute Gasteiger partial charge is 0.323 e. The van der Waals surface area contributed by atoms with E-state index in [9.17, 15) is 4.79 Å². The molecule has 22 heavy (non-hydrogen) atoms. The van der Waals surface area contributed by atoms with Gasteiger partial charge in [-0.3, -0.25) is 0 Å². The maximum Gasteiger partial charge on any atom is 0.323 e. The first-order chi connectivity index (χ1) is 10.4. The lowest BCUT2D eigenvalue weighted by Gasteiger charge is -2.19. The molecular formula is C19H24N2O. The Kier molecular flexibility index (Phi) is 4.86. The van der Waals surface area contributed by atoms with Crippen molar-refractivity contribution < 1.29 is 4.79 Å². The molecule has 0 saturated carbocycles. The third kappa shape index (κ3) is 4.10. The van der Waals surface area contributed by atoms with E-state index in [4.69, 9.17) is 0 Å². The van der Waals surface area contributed by atoms with Crippen LogP contribution in [0, 0.1) is 0 Å². The van der Waals surface area contributed by atoms with Gasteiger partial charge in [-0.2, -0.15) is 0 Å². The molecule has 2 N–H and O–H groups in total. The van der Waals surface area contributed by atoms with Gasteiger partial charge in [-0.25, -0.2) is 4.79 Å². The summed E-state index contributed by atoms with van der Waals surface area (Å²) >= 11 is 0. The second-order valence-corrected chi connectivity index (χ2v) is 6.42. The Labute approximate surface area is 132 Å². The minimum atomic E-state index is -0.218. The van der Waals surface area contributed by atoms with E-state index in [1.165, 1.54) is 5.56 Å². The summed E-state index contributed by atoms with van der Waals surface area (Å²) < 4.78 is 0. The van der Waals surface area contributed by atoms with E-state index in [2.05, 4.69) is 50.5 Å². The van der Waals surface area contributed by atoms with Gasteiger partial charge in [0.25, 0.3) is 0 Å². The summed E-state index contributed by atoms with van der Waals surface area (Å²) in [5.74, 6) is 0. The second kappa shape index (κ2) is 6.65. The number of carbonyl (C=O) groups excluding carboxylic acids is 1. The molecule has 0 aliphatic rings. The third-order valence-corrected chi connectivity index (χ3v) is 3.66. The molecule has 0 fully saturated rings. The first kappa shape index (κ1) is 16.1. The highest BCUT2D eigenvalue weighted by atomic mass is 16.2. The van der Waals surface area contributed by atoms with Crippen LogP contribution in [0.1, 0.15) is 38.8 Å². The van der Waals surface area contributed by atoms with Crippen molar-refractivity contribution in [3.8, 4) is 0 Å². The highest BCUT2D eigenvalue weighted by molar-refractivity contribution is 6.00. The predicted octanol–water partition coefficient (Wildman–Crippen LogP) is 5.19. The minimum Gasteiger partial charge on any atom is -0.308 e. The van der Waals surface area contributed by atoms with Crippen LogP contribution in [0.25, 0.3) is 0 Å². The molecule has 0 spiro atoms.